The molecule has 0 aliphatic heterocycles. The van der Waals surface area contributed by atoms with Gasteiger partial charge in [-0.3, -0.25) is 0 Å². The van der Waals surface area contributed by atoms with Gasteiger partial charge in [0.15, 0.2) is 0 Å². The van der Waals surface area contributed by atoms with Crippen LogP contribution in [0.1, 0.15) is 36.4 Å². The highest BCUT2D eigenvalue weighted by Gasteiger charge is 2.22. The van der Waals surface area contributed by atoms with Crippen LogP contribution in [0.25, 0.3) is 11.3 Å². The maximum atomic E-state index is 5.96. The van der Waals surface area contributed by atoms with Crippen molar-refractivity contribution in [1.82, 2.24) is 9.97 Å². The van der Waals surface area contributed by atoms with Crippen molar-refractivity contribution in [2.24, 2.45) is 0 Å². The highest BCUT2D eigenvalue weighted by atomic mass is 35.5. The number of aromatic nitrogens is 2. The molecule has 1 heterocycles. The number of halogens is 1. The second-order valence-electron chi connectivity index (χ2n) is 4.88. The third kappa shape index (κ3) is 2.13. The van der Waals surface area contributed by atoms with Crippen LogP contribution in [-0.4, -0.2) is 9.97 Å². The van der Waals surface area contributed by atoms with Crippen molar-refractivity contribution in [2.75, 3.05) is 0 Å². The molecule has 3 rings (SSSR count). The number of benzene rings is 1. The van der Waals surface area contributed by atoms with Crippen LogP contribution in [0, 0.1) is 6.92 Å². The number of rotatable bonds is 2. The monoisotopic (exact) mass is 258 g/mol. The van der Waals surface area contributed by atoms with E-state index >= 15 is 0 Å². The number of nitrogens with zero attached hydrogens (tertiary/aromatic N) is 2. The SMILES string of the molecule is Cc1cc(-c2ccccc2C2CCC2)nc(Cl)n1. The van der Waals surface area contributed by atoms with E-state index in [2.05, 4.69) is 34.2 Å². The first-order valence-corrected chi connectivity index (χ1v) is 6.72. The van der Waals surface area contributed by atoms with E-state index in [1.54, 1.807) is 0 Å². The average molecular weight is 259 g/mol. The summed E-state index contributed by atoms with van der Waals surface area (Å²) in [6.07, 6.45) is 3.91. The Kier molecular flexibility index (Phi) is 3.04. The quantitative estimate of drug-likeness (QED) is 0.748. The van der Waals surface area contributed by atoms with Crippen molar-refractivity contribution >= 4 is 11.6 Å². The molecule has 1 fully saturated rings. The zero-order valence-corrected chi connectivity index (χ0v) is 11.1. The predicted molar refractivity (Wildman–Crippen MR) is 73.8 cm³/mol. The summed E-state index contributed by atoms with van der Waals surface area (Å²) in [6, 6.07) is 10.5. The highest BCUT2D eigenvalue weighted by molar-refractivity contribution is 6.28. The fourth-order valence-electron chi connectivity index (χ4n) is 2.48. The van der Waals surface area contributed by atoms with E-state index in [0.29, 0.717) is 11.2 Å². The molecular formula is C15H15ClN2. The summed E-state index contributed by atoms with van der Waals surface area (Å²) in [7, 11) is 0. The molecule has 2 nitrogen and oxygen atoms in total. The number of aryl methyl sites for hydroxylation is 1. The van der Waals surface area contributed by atoms with E-state index in [4.69, 9.17) is 11.6 Å². The summed E-state index contributed by atoms with van der Waals surface area (Å²) in [6.45, 7) is 1.95. The molecule has 0 unspecified atom stereocenters. The summed E-state index contributed by atoms with van der Waals surface area (Å²) in [5.74, 6) is 0.690. The number of hydrogen-bond donors (Lipinski definition) is 0. The van der Waals surface area contributed by atoms with Gasteiger partial charge in [-0.1, -0.05) is 30.7 Å². The fourth-order valence-corrected chi connectivity index (χ4v) is 2.70. The molecule has 1 aliphatic carbocycles. The first kappa shape index (κ1) is 11.7. The van der Waals surface area contributed by atoms with E-state index in [1.807, 2.05) is 13.0 Å². The molecule has 92 valence electrons. The topological polar surface area (TPSA) is 25.8 Å². The Hall–Kier alpha value is -1.41. The van der Waals surface area contributed by atoms with Gasteiger partial charge in [0.1, 0.15) is 0 Å². The standard InChI is InChI=1S/C15H15ClN2/c1-10-9-14(18-15(16)17-10)13-8-3-2-7-12(13)11-5-4-6-11/h2-3,7-9,11H,4-6H2,1H3. The smallest absolute Gasteiger partial charge is 0.223 e. The second kappa shape index (κ2) is 4.69. The largest absolute Gasteiger partial charge is 0.223 e. The van der Waals surface area contributed by atoms with Crippen molar-refractivity contribution in [1.29, 1.82) is 0 Å². The van der Waals surface area contributed by atoms with Gasteiger partial charge in [-0.25, -0.2) is 9.97 Å². The summed E-state index contributed by atoms with van der Waals surface area (Å²) in [5, 5.41) is 0.327. The molecule has 1 saturated carbocycles. The maximum absolute atomic E-state index is 5.96. The Balaban J connectivity index is 2.10. The molecule has 3 heteroatoms. The van der Waals surface area contributed by atoms with Crippen molar-refractivity contribution in [3.05, 3.63) is 46.9 Å². The Morgan fingerprint density at radius 2 is 1.94 bits per heavy atom. The first-order chi connectivity index (χ1) is 8.74. The Morgan fingerprint density at radius 1 is 1.17 bits per heavy atom. The minimum absolute atomic E-state index is 0.327. The predicted octanol–water partition coefficient (Wildman–Crippen LogP) is 4.37. The van der Waals surface area contributed by atoms with Crippen molar-refractivity contribution < 1.29 is 0 Å². The molecule has 0 bridgehead atoms. The van der Waals surface area contributed by atoms with E-state index in [0.717, 1.165) is 11.4 Å². The van der Waals surface area contributed by atoms with Gasteiger partial charge >= 0.3 is 0 Å². The molecule has 1 aromatic carbocycles. The summed E-state index contributed by atoms with van der Waals surface area (Å²) < 4.78 is 0. The second-order valence-corrected chi connectivity index (χ2v) is 5.22. The van der Waals surface area contributed by atoms with Gasteiger partial charge in [-0.05, 0) is 48.9 Å². The molecule has 0 spiro atoms. The zero-order chi connectivity index (χ0) is 12.5. The van der Waals surface area contributed by atoms with Gasteiger partial charge < -0.3 is 0 Å². The van der Waals surface area contributed by atoms with Crippen LogP contribution in [0.4, 0.5) is 0 Å². The minimum Gasteiger partial charge on any atom is -0.223 e. The molecule has 1 aliphatic rings. The van der Waals surface area contributed by atoms with Crippen LogP contribution in [0.2, 0.25) is 5.28 Å². The molecule has 0 N–H and O–H groups in total. The van der Waals surface area contributed by atoms with Gasteiger partial charge in [0, 0.05) is 11.3 Å². The molecule has 18 heavy (non-hydrogen) atoms. The lowest BCUT2D eigenvalue weighted by molar-refractivity contribution is 0.420. The van der Waals surface area contributed by atoms with Crippen molar-refractivity contribution in [3.63, 3.8) is 0 Å². The van der Waals surface area contributed by atoms with Crippen LogP contribution in [0.3, 0.4) is 0 Å². The third-order valence-electron chi connectivity index (χ3n) is 3.61. The Bertz CT molecular complexity index is 556. The third-order valence-corrected chi connectivity index (χ3v) is 3.78. The van der Waals surface area contributed by atoms with Gasteiger partial charge in [0.25, 0.3) is 0 Å². The van der Waals surface area contributed by atoms with Gasteiger partial charge in [0.05, 0.1) is 5.69 Å². The number of hydrogen-bond acceptors (Lipinski definition) is 2. The van der Waals surface area contributed by atoms with Gasteiger partial charge in [-0.15, -0.1) is 0 Å². The molecule has 1 aromatic heterocycles. The van der Waals surface area contributed by atoms with Crippen LogP contribution in [0.5, 0.6) is 0 Å². The maximum Gasteiger partial charge on any atom is 0.223 e. The minimum atomic E-state index is 0.327. The fraction of sp³-hybridized carbons (Fsp3) is 0.333. The van der Waals surface area contributed by atoms with E-state index in [9.17, 15) is 0 Å². The van der Waals surface area contributed by atoms with Crippen LogP contribution in [-0.2, 0) is 0 Å². The van der Waals surface area contributed by atoms with Crippen LogP contribution in [0.15, 0.2) is 30.3 Å². The molecule has 0 amide bonds. The van der Waals surface area contributed by atoms with E-state index in [-0.39, 0.29) is 0 Å². The first-order valence-electron chi connectivity index (χ1n) is 6.34. The normalized spacial score (nSPS) is 15.4. The Labute approximate surface area is 112 Å². The molecule has 0 saturated heterocycles. The summed E-state index contributed by atoms with van der Waals surface area (Å²) >= 11 is 5.96. The molecular weight excluding hydrogens is 244 g/mol. The molecule has 0 atom stereocenters. The van der Waals surface area contributed by atoms with E-state index in [1.165, 1.54) is 30.4 Å². The van der Waals surface area contributed by atoms with Crippen molar-refractivity contribution in [3.8, 4) is 11.3 Å². The molecule has 0 radical (unpaired) electrons. The molecule has 2 aromatic rings. The Morgan fingerprint density at radius 3 is 2.61 bits per heavy atom. The van der Waals surface area contributed by atoms with Gasteiger partial charge in [0.2, 0.25) is 5.28 Å². The lowest BCUT2D eigenvalue weighted by Crippen LogP contribution is -2.10. The van der Waals surface area contributed by atoms with Crippen LogP contribution >= 0.6 is 11.6 Å². The van der Waals surface area contributed by atoms with Crippen molar-refractivity contribution in [2.45, 2.75) is 32.1 Å². The van der Waals surface area contributed by atoms with E-state index < -0.39 is 0 Å². The lowest BCUT2D eigenvalue weighted by atomic mass is 9.78. The lowest BCUT2D eigenvalue weighted by Gasteiger charge is -2.27. The van der Waals surface area contributed by atoms with Gasteiger partial charge in [-0.2, -0.15) is 0 Å². The summed E-state index contributed by atoms with van der Waals surface area (Å²) in [5.41, 5.74) is 4.45. The van der Waals surface area contributed by atoms with Crippen LogP contribution < -0.4 is 0 Å². The zero-order valence-electron chi connectivity index (χ0n) is 10.4. The summed E-state index contributed by atoms with van der Waals surface area (Å²) in [4.78, 5) is 8.48. The average Bonchev–Trinajstić information content (AvgIpc) is 2.26. The highest BCUT2D eigenvalue weighted by Crippen LogP contribution is 2.40.